The van der Waals surface area contributed by atoms with Gasteiger partial charge in [0.2, 0.25) is 0 Å². The van der Waals surface area contributed by atoms with E-state index in [1.165, 1.54) is 18.4 Å². The van der Waals surface area contributed by atoms with Crippen molar-refractivity contribution in [3.8, 4) is 0 Å². The van der Waals surface area contributed by atoms with Crippen LogP contribution in [0.5, 0.6) is 0 Å². The van der Waals surface area contributed by atoms with Crippen LogP contribution in [0.1, 0.15) is 48.0 Å². The van der Waals surface area contributed by atoms with Gasteiger partial charge < -0.3 is 0 Å². The number of rotatable bonds is 2. The van der Waals surface area contributed by atoms with Crippen LogP contribution in [0, 0.1) is 5.92 Å². The van der Waals surface area contributed by atoms with E-state index in [4.69, 9.17) is 0 Å². The van der Waals surface area contributed by atoms with E-state index >= 15 is 0 Å². The maximum atomic E-state index is 2.34. The molecule has 1 unspecified atom stereocenters. The van der Waals surface area contributed by atoms with E-state index in [2.05, 4.69) is 44.2 Å². The van der Waals surface area contributed by atoms with Crippen molar-refractivity contribution >= 4 is 0 Å². The highest BCUT2D eigenvalue weighted by atomic mass is 14.1. The summed E-state index contributed by atoms with van der Waals surface area (Å²) in [5, 5.41) is 0. The summed E-state index contributed by atoms with van der Waals surface area (Å²) in [7, 11) is 0. The van der Waals surface area contributed by atoms with Crippen molar-refractivity contribution in [1.82, 2.24) is 0 Å². The fraction of sp³-hybridized carbons (Fsp3) is 0.571. The van der Waals surface area contributed by atoms with Crippen molar-refractivity contribution in [3.05, 3.63) is 36.0 Å². The van der Waals surface area contributed by atoms with E-state index in [0.29, 0.717) is 5.92 Å². The van der Waals surface area contributed by atoms with Crippen molar-refractivity contribution in [2.24, 2.45) is 5.92 Å². The fourth-order valence-corrected chi connectivity index (χ4v) is 1.38. The van der Waals surface area contributed by atoms with Gasteiger partial charge in [0.15, 0.2) is 0 Å². The third-order valence-electron chi connectivity index (χ3n) is 1.93. The zero-order valence-corrected chi connectivity index (χ0v) is 9.38. The van der Waals surface area contributed by atoms with Crippen molar-refractivity contribution in [1.29, 1.82) is 0 Å². The first-order chi connectivity index (χ1) is 6.33. The smallest absolute Gasteiger partial charge is 0.00448 e. The molecule has 1 aliphatic rings. The molecule has 0 saturated heterocycles. The molecule has 82 valence electrons. The van der Waals surface area contributed by atoms with Crippen LogP contribution in [0.3, 0.4) is 0 Å². The van der Waals surface area contributed by atoms with Gasteiger partial charge in [0.25, 0.3) is 0 Å². The molecule has 0 spiro atoms. The maximum Gasteiger partial charge on any atom is -0.00448 e. The van der Waals surface area contributed by atoms with Crippen LogP contribution in [0.15, 0.2) is 36.0 Å². The summed E-state index contributed by atoms with van der Waals surface area (Å²) in [6.07, 6.45) is 13.6. The maximum absolute atomic E-state index is 2.34. The zero-order valence-electron chi connectivity index (χ0n) is 9.38. The molecule has 0 nitrogen and oxygen atoms in total. The predicted molar refractivity (Wildman–Crippen MR) is 68.5 cm³/mol. The van der Waals surface area contributed by atoms with Gasteiger partial charge in [-0.1, -0.05) is 70.6 Å². The topological polar surface area (TPSA) is 0 Å². The fourth-order valence-electron chi connectivity index (χ4n) is 1.38. The minimum absolute atomic E-state index is 0. The van der Waals surface area contributed by atoms with Crippen LogP contribution < -0.4 is 0 Å². The highest BCUT2D eigenvalue weighted by Gasteiger charge is 2.00. The number of hydrogen-bond donors (Lipinski definition) is 0. The van der Waals surface area contributed by atoms with E-state index in [0.717, 1.165) is 0 Å². The quantitative estimate of drug-likeness (QED) is 0.571. The van der Waals surface area contributed by atoms with Crippen LogP contribution in [0.2, 0.25) is 0 Å². The molecule has 1 rings (SSSR count). The molecule has 0 heterocycles. The summed E-state index contributed by atoms with van der Waals surface area (Å²) >= 11 is 0. The van der Waals surface area contributed by atoms with Gasteiger partial charge in [-0.2, -0.15) is 0 Å². The van der Waals surface area contributed by atoms with E-state index in [1.54, 1.807) is 0 Å². The summed E-state index contributed by atoms with van der Waals surface area (Å²) in [6.45, 7) is 8.39. The van der Waals surface area contributed by atoms with Gasteiger partial charge in [0.1, 0.15) is 0 Å². The standard InChI is InChI=1S/C11H16.C2H6.CH4/c1-3-6-11-8-5-4-7-10(2)9-11;1-2;/h4-5,7-9,11H,3,6H2,1-2H3;1-2H3;1H4. The second-order valence-corrected chi connectivity index (χ2v) is 3.11. The number of allylic oxidation sites excluding steroid dienone is 6. The lowest BCUT2D eigenvalue weighted by Gasteiger charge is -2.04. The second-order valence-electron chi connectivity index (χ2n) is 3.11. The Hall–Kier alpha value is -0.780. The Labute approximate surface area is 90.4 Å². The van der Waals surface area contributed by atoms with Gasteiger partial charge in [-0.05, 0) is 19.3 Å². The first-order valence-corrected chi connectivity index (χ1v) is 5.36. The molecule has 0 aromatic rings. The molecule has 0 aliphatic heterocycles. The van der Waals surface area contributed by atoms with Gasteiger partial charge in [0.05, 0.1) is 0 Å². The highest BCUT2D eigenvalue weighted by Crippen LogP contribution is 2.15. The normalized spacial score (nSPS) is 18.6. The molecule has 0 heteroatoms. The lowest BCUT2D eigenvalue weighted by Crippen LogP contribution is -1.90. The van der Waals surface area contributed by atoms with E-state index in [1.807, 2.05) is 13.8 Å². The third kappa shape index (κ3) is 6.71. The van der Waals surface area contributed by atoms with Gasteiger partial charge in [-0.3, -0.25) is 0 Å². The summed E-state index contributed by atoms with van der Waals surface area (Å²) < 4.78 is 0. The van der Waals surface area contributed by atoms with E-state index in [9.17, 15) is 0 Å². The molecule has 14 heavy (non-hydrogen) atoms. The van der Waals surface area contributed by atoms with E-state index in [-0.39, 0.29) is 7.43 Å². The van der Waals surface area contributed by atoms with Crippen LogP contribution in [0.4, 0.5) is 0 Å². The lowest BCUT2D eigenvalue weighted by atomic mass is 10.0. The Kier molecular flexibility index (Phi) is 11.5. The van der Waals surface area contributed by atoms with Gasteiger partial charge >= 0.3 is 0 Å². The van der Waals surface area contributed by atoms with Gasteiger partial charge in [-0.15, -0.1) is 0 Å². The summed E-state index contributed by atoms with van der Waals surface area (Å²) in [5.74, 6) is 0.662. The Morgan fingerprint density at radius 3 is 2.43 bits per heavy atom. The third-order valence-corrected chi connectivity index (χ3v) is 1.93. The Morgan fingerprint density at radius 2 is 1.86 bits per heavy atom. The van der Waals surface area contributed by atoms with Crippen LogP contribution in [-0.2, 0) is 0 Å². The molecular formula is C14H26. The Bertz CT molecular complexity index is 194. The summed E-state index contributed by atoms with van der Waals surface area (Å²) in [5.41, 5.74) is 1.38. The average Bonchev–Trinajstić information content (AvgIpc) is 2.34. The van der Waals surface area contributed by atoms with Crippen molar-refractivity contribution in [2.45, 2.75) is 48.0 Å². The number of hydrogen-bond acceptors (Lipinski definition) is 0. The average molecular weight is 194 g/mol. The predicted octanol–water partition coefficient (Wildman–Crippen LogP) is 5.14. The van der Waals surface area contributed by atoms with Gasteiger partial charge in [0, 0.05) is 0 Å². The largest absolute Gasteiger partial charge is 0.0776 e. The first kappa shape index (κ1) is 15.7. The van der Waals surface area contributed by atoms with Crippen LogP contribution in [-0.4, -0.2) is 0 Å². The van der Waals surface area contributed by atoms with Crippen LogP contribution >= 0.6 is 0 Å². The molecule has 0 aromatic heterocycles. The summed E-state index contributed by atoms with van der Waals surface area (Å²) in [4.78, 5) is 0. The molecule has 0 N–H and O–H groups in total. The first-order valence-electron chi connectivity index (χ1n) is 5.36. The van der Waals surface area contributed by atoms with Gasteiger partial charge in [-0.25, -0.2) is 0 Å². The molecule has 0 bridgehead atoms. The second kappa shape index (κ2) is 10.3. The van der Waals surface area contributed by atoms with Crippen LogP contribution in [0.25, 0.3) is 0 Å². The highest BCUT2D eigenvalue weighted by molar-refractivity contribution is 5.26. The SMILES string of the molecule is C.CC.CCCC1C=CC=CC(C)=C1. The molecule has 1 atom stereocenters. The van der Waals surface area contributed by atoms with Crippen molar-refractivity contribution in [2.75, 3.05) is 0 Å². The monoisotopic (exact) mass is 194 g/mol. The minimum Gasteiger partial charge on any atom is -0.0776 e. The molecule has 0 aromatic carbocycles. The molecule has 0 radical (unpaired) electrons. The van der Waals surface area contributed by atoms with Crippen molar-refractivity contribution < 1.29 is 0 Å². The van der Waals surface area contributed by atoms with Crippen molar-refractivity contribution in [3.63, 3.8) is 0 Å². The molecule has 0 saturated carbocycles. The Morgan fingerprint density at radius 1 is 1.21 bits per heavy atom. The molecule has 0 fully saturated rings. The lowest BCUT2D eigenvalue weighted by molar-refractivity contribution is 0.689. The molecule has 1 aliphatic carbocycles. The molecular weight excluding hydrogens is 168 g/mol. The Balaban J connectivity index is 0. The van der Waals surface area contributed by atoms with E-state index < -0.39 is 0 Å². The molecule has 0 amide bonds. The zero-order chi connectivity index (χ0) is 10.1. The minimum atomic E-state index is 0. The summed E-state index contributed by atoms with van der Waals surface area (Å²) in [6, 6.07) is 0.